The molecule has 112 valence electrons. The van der Waals surface area contributed by atoms with Crippen LogP contribution in [-0.4, -0.2) is 42.8 Å². The Bertz CT molecular complexity index is 243. The predicted octanol–water partition coefficient (Wildman–Crippen LogP) is 2.93. The van der Waals surface area contributed by atoms with Crippen LogP contribution in [0.15, 0.2) is 0 Å². The molecule has 3 heteroatoms. The monoisotopic (exact) mass is 268 g/mol. The Hall–Kier alpha value is -0.120. The summed E-state index contributed by atoms with van der Waals surface area (Å²) >= 11 is 0. The van der Waals surface area contributed by atoms with Gasteiger partial charge in [-0.25, -0.2) is 0 Å². The Kier molecular flexibility index (Phi) is 6.11. The van der Waals surface area contributed by atoms with Gasteiger partial charge in [-0.2, -0.15) is 0 Å². The molecule has 1 aliphatic carbocycles. The lowest BCUT2D eigenvalue weighted by atomic mass is 9.87. The summed E-state index contributed by atoms with van der Waals surface area (Å²) < 4.78 is 5.86. The molecule has 0 aromatic rings. The van der Waals surface area contributed by atoms with Crippen molar-refractivity contribution in [3.63, 3.8) is 0 Å². The van der Waals surface area contributed by atoms with Gasteiger partial charge in [0.15, 0.2) is 0 Å². The van der Waals surface area contributed by atoms with E-state index in [9.17, 15) is 0 Å². The Labute approximate surface area is 118 Å². The zero-order valence-electron chi connectivity index (χ0n) is 12.7. The van der Waals surface area contributed by atoms with Crippen LogP contribution in [0.3, 0.4) is 0 Å². The van der Waals surface area contributed by atoms with E-state index in [0.29, 0.717) is 6.10 Å². The molecule has 2 N–H and O–H groups in total. The maximum atomic E-state index is 6.23. The highest BCUT2D eigenvalue weighted by Crippen LogP contribution is 2.33. The number of nitrogens with zero attached hydrogens (tertiary/aromatic N) is 1. The first-order chi connectivity index (χ1) is 9.30. The highest BCUT2D eigenvalue weighted by atomic mass is 16.5. The Morgan fingerprint density at radius 2 is 1.89 bits per heavy atom. The Balaban J connectivity index is 2.03. The molecule has 0 aromatic carbocycles. The van der Waals surface area contributed by atoms with E-state index in [1.807, 2.05) is 0 Å². The quantitative estimate of drug-likeness (QED) is 0.753. The van der Waals surface area contributed by atoms with Gasteiger partial charge < -0.3 is 10.5 Å². The van der Waals surface area contributed by atoms with E-state index >= 15 is 0 Å². The van der Waals surface area contributed by atoms with Crippen LogP contribution in [-0.2, 0) is 4.74 Å². The fourth-order valence-electron chi connectivity index (χ4n) is 3.86. The molecule has 0 radical (unpaired) electrons. The van der Waals surface area contributed by atoms with Gasteiger partial charge in [-0.05, 0) is 38.6 Å². The topological polar surface area (TPSA) is 38.5 Å². The van der Waals surface area contributed by atoms with E-state index in [2.05, 4.69) is 11.8 Å². The third-order valence-corrected chi connectivity index (χ3v) is 5.03. The average Bonchev–Trinajstić information content (AvgIpc) is 2.81. The van der Waals surface area contributed by atoms with Crippen LogP contribution < -0.4 is 5.73 Å². The number of nitrogens with two attached hydrogens (primary N) is 1. The van der Waals surface area contributed by atoms with Gasteiger partial charge in [-0.1, -0.05) is 32.6 Å². The maximum absolute atomic E-state index is 6.23. The molecule has 2 aliphatic rings. The molecule has 1 atom stereocenters. The molecule has 1 saturated heterocycles. The zero-order chi connectivity index (χ0) is 13.6. The maximum Gasteiger partial charge on any atom is 0.0703 e. The van der Waals surface area contributed by atoms with Crippen LogP contribution in [0, 0.1) is 0 Å². The third kappa shape index (κ3) is 3.93. The predicted molar refractivity (Wildman–Crippen MR) is 80.3 cm³/mol. The Morgan fingerprint density at radius 3 is 2.42 bits per heavy atom. The smallest absolute Gasteiger partial charge is 0.0703 e. The molecule has 3 nitrogen and oxygen atoms in total. The fourth-order valence-corrected chi connectivity index (χ4v) is 3.86. The molecular formula is C16H32N2O. The molecule has 0 spiro atoms. The van der Waals surface area contributed by atoms with Crippen LogP contribution in [0.2, 0.25) is 0 Å². The van der Waals surface area contributed by atoms with Gasteiger partial charge in [0.1, 0.15) is 0 Å². The molecule has 19 heavy (non-hydrogen) atoms. The highest BCUT2D eigenvalue weighted by Gasteiger charge is 2.36. The largest absolute Gasteiger partial charge is 0.377 e. The molecule has 1 aliphatic heterocycles. The standard InChI is InChI=1S/C16H32N2O/c1-2-11-18(13-15-8-7-12-19-15)16(14-17)9-5-3-4-6-10-16/h15H,2-14,17H2,1H3. The van der Waals surface area contributed by atoms with Gasteiger partial charge in [0.05, 0.1) is 6.10 Å². The van der Waals surface area contributed by atoms with Crippen LogP contribution in [0.5, 0.6) is 0 Å². The van der Waals surface area contributed by atoms with E-state index in [-0.39, 0.29) is 5.54 Å². The molecule has 0 aromatic heterocycles. The highest BCUT2D eigenvalue weighted by molar-refractivity contribution is 4.94. The van der Waals surface area contributed by atoms with Gasteiger partial charge in [0.2, 0.25) is 0 Å². The van der Waals surface area contributed by atoms with Crippen molar-refractivity contribution >= 4 is 0 Å². The lowest BCUT2D eigenvalue weighted by molar-refractivity contribution is 0.0136. The molecule has 1 saturated carbocycles. The van der Waals surface area contributed by atoms with Crippen molar-refractivity contribution in [2.45, 2.75) is 76.4 Å². The number of ether oxygens (including phenoxy) is 1. The van der Waals surface area contributed by atoms with Crippen LogP contribution >= 0.6 is 0 Å². The fraction of sp³-hybridized carbons (Fsp3) is 1.00. The number of hydrogen-bond acceptors (Lipinski definition) is 3. The molecule has 1 heterocycles. The summed E-state index contributed by atoms with van der Waals surface area (Å²) in [5.41, 5.74) is 6.49. The van der Waals surface area contributed by atoms with Gasteiger partial charge >= 0.3 is 0 Å². The van der Waals surface area contributed by atoms with E-state index in [1.54, 1.807) is 0 Å². The summed E-state index contributed by atoms with van der Waals surface area (Å²) in [6.45, 7) is 6.34. The van der Waals surface area contributed by atoms with Gasteiger partial charge in [-0.3, -0.25) is 4.90 Å². The van der Waals surface area contributed by atoms with Crippen molar-refractivity contribution < 1.29 is 4.74 Å². The van der Waals surface area contributed by atoms with Crippen molar-refractivity contribution in [2.75, 3.05) is 26.2 Å². The molecule has 0 amide bonds. The van der Waals surface area contributed by atoms with Crippen molar-refractivity contribution in [1.82, 2.24) is 4.90 Å². The second-order valence-electron chi connectivity index (χ2n) is 6.42. The summed E-state index contributed by atoms with van der Waals surface area (Å²) in [5.74, 6) is 0. The van der Waals surface area contributed by atoms with Crippen molar-refractivity contribution in [3.8, 4) is 0 Å². The van der Waals surface area contributed by atoms with Crippen LogP contribution in [0.1, 0.15) is 64.7 Å². The van der Waals surface area contributed by atoms with Crippen molar-refractivity contribution in [3.05, 3.63) is 0 Å². The molecule has 1 unspecified atom stereocenters. The van der Waals surface area contributed by atoms with Gasteiger partial charge in [0, 0.05) is 25.2 Å². The normalized spacial score (nSPS) is 27.6. The minimum Gasteiger partial charge on any atom is -0.377 e. The summed E-state index contributed by atoms with van der Waals surface area (Å²) in [7, 11) is 0. The zero-order valence-corrected chi connectivity index (χ0v) is 12.7. The van der Waals surface area contributed by atoms with Gasteiger partial charge in [0.25, 0.3) is 0 Å². The Morgan fingerprint density at radius 1 is 1.16 bits per heavy atom. The summed E-state index contributed by atoms with van der Waals surface area (Å²) in [4.78, 5) is 2.69. The summed E-state index contributed by atoms with van der Waals surface area (Å²) in [5, 5.41) is 0. The van der Waals surface area contributed by atoms with Crippen molar-refractivity contribution in [1.29, 1.82) is 0 Å². The third-order valence-electron chi connectivity index (χ3n) is 5.03. The van der Waals surface area contributed by atoms with E-state index in [4.69, 9.17) is 10.5 Å². The average molecular weight is 268 g/mol. The minimum absolute atomic E-state index is 0.262. The minimum atomic E-state index is 0.262. The second-order valence-corrected chi connectivity index (χ2v) is 6.42. The first-order valence-electron chi connectivity index (χ1n) is 8.37. The first kappa shape index (κ1) is 15.3. The molecular weight excluding hydrogens is 236 g/mol. The SMILES string of the molecule is CCCN(CC1CCCO1)C1(CN)CCCCCC1. The van der Waals surface area contributed by atoms with E-state index in [0.717, 1.165) is 19.7 Å². The second kappa shape index (κ2) is 7.61. The first-order valence-corrected chi connectivity index (χ1v) is 8.37. The molecule has 0 bridgehead atoms. The lowest BCUT2D eigenvalue weighted by Gasteiger charge is -2.44. The molecule has 2 rings (SSSR count). The lowest BCUT2D eigenvalue weighted by Crippen LogP contribution is -2.56. The van der Waals surface area contributed by atoms with Crippen molar-refractivity contribution in [2.24, 2.45) is 5.73 Å². The number of rotatable bonds is 6. The summed E-state index contributed by atoms with van der Waals surface area (Å²) in [6.07, 6.45) is 12.2. The van der Waals surface area contributed by atoms with Gasteiger partial charge in [-0.15, -0.1) is 0 Å². The van der Waals surface area contributed by atoms with Crippen LogP contribution in [0.25, 0.3) is 0 Å². The number of hydrogen-bond donors (Lipinski definition) is 1. The molecule has 2 fully saturated rings. The van der Waals surface area contributed by atoms with E-state index < -0.39 is 0 Å². The summed E-state index contributed by atoms with van der Waals surface area (Å²) in [6, 6.07) is 0. The van der Waals surface area contributed by atoms with Crippen LogP contribution in [0.4, 0.5) is 0 Å². The van der Waals surface area contributed by atoms with E-state index in [1.165, 1.54) is 64.3 Å².